The second-order valence-corrected chi connectivity index (χ2v) is 11.6. The van der Waals surface area contributed by atoms with Crippen molar-refractivity contribution in [1.82, 2.24) is 0 Å². The van der Waals surface area contributed by atoms with Gasteiger partial charge in [0.05, 0.1) is 6.61 Å². The average molecular weight is 488 g/mol. The lowest BCUT2D eigenvalue weighted by Gasteiger charge is -2.36. The normalized spacial score (nSPS) is 12.2. The van der Waals surface area contributed by atoms with E-state index in [0.29, 0.717) is 6.61 Å². The lowest BCUT2D eigenvalue weighted by molar-refractivity contribution is 0.227. The fraction of sp³-hybridized carbons (Fsp3) is 0.385. The van der Waals surface area contributed by atoms with E-state index in [2.05, 4.69) is 96.2 Å². The Morgan fingerprint density at radius 3 is 2.07 bits per heavy atom. The van der Waals surface area contributed by atoms with Crippen molar-refractivity contribution in [1.29, 1.82) is 0 Å². The Labute approximate surface area is 192 Å². The zero-order valence-electron chi connectivity index (χ0n) is 18.4. The van der Waals surface area contributed by atoms with Gasteiger partial charge in [-0.25, -0.2) is 0 Å². The summed E-state index contributed by atoms with van der Waals surface area (Å²) in [5.74, 6) is 0. The Morgan fingerprint density at radius 2 is 1.57 bits per heavy atom. The predicted molar refractivity (Wildman–Crippen MR) is 136 cm³/mol. The molecule has 0 spiro atoms. The summed E-state index contributed by atoms with van der Waals surface area (Å²) < 4.78 is 12.5. The van der Waals surface area contributed by atoms with E-state index >= 15 is 0 Å². The first-order chi connectivity index (χ1) is 14.7. The number of allylic oxidation sites excluding steroid dienone is 1. The lowest BCUT2D eigenvalue weighted by atomic mass is 10.2. The molecule has 0 aromatic heterocycles. The number of unbranched alkanes of at least 4 members (excludes halogenated alkanes) is 3. The first kappa shape index (κ1) is 24.8. The van der Waals surface area contributed by atoms with Crippen LogP contribution in [0.2, 0.25) is 0 Å². The first-order valence-electron chi connectivity index (χ1n) is 10.9. The largest absolute Gasteiger partial charge is 0.404 e. The number of methoxy groups -OCH3 is 1. The molecule has 0 heterocycles. The summed E-state index contributed by atoms with van der Waals surface area (Å²) in [4.78, 5) is 0. The highest BCUT2D eigenvalue weighted by Gasteiger charge is 2.44. The summed E-state index contributed by atoms with van der Waals surface area (Å²) >= 11 is 3.60. The second-order valence-electron chi connectivity index (χ2n) is 7.45. The summed E-state index contributed by atoms with van der Waals surface area (Å²) in [6, 6.07) is 21.5. The van der Waals surface area contributed by atoms with Gasteiger partial charge in [-0.2, -0.15) is 0 Å². The van der Waals surface area contributed by atoms with Crippen LogP contribution in [0.15, 0.2) is 84.1 Å². The summed E-state index contributed by atoms with van der Waals surface area (Å²) in [7, 11) is -0.985. The number of ether oxygens (including phenoxy) is 1. The molecule has 0 aliphatic carbocycles. The maximum Gasteiger partial charge on any atom is 0.288 e. The molecule has 0 bridgehead atoms. The van der Waals surface area contributed by atoms with E-state index in [1.807, 2.05) is 0 Å². The molecule has 0 saturated heterocycles. The van der Waals surface area contributed by atoms with Crippen LogP contribution in [0.4, 0.5) is 0 Å². The minimum atomic E-state index is -2.71. The van der Waals surface area contributed by atoms with Crippen LogP contribution < -0.4 is 10.4 Å². The molecule has 4 heteroatoms. The SMILES string of the molecule is C=C(COC)/C(=C/CCBr)[Si](OCCCCCC)(c1ccccc1)c1ccccc1. The highest BCUT2D eigenvalue weighted by Crippen LogP contribution is 2.25. The van der Waals surface area contributed by atoms with Gasteiger partial charge in [-0.1, -0.05) is 115 Å². The van der Waals surface area contributed by atoms with E-state index < -0.39 is 8.32 Å². The minimum Gasteiger partial charge on any atom is -0.404 e. The average Bonchev–Trinajstić information content (AvgIpc) is 2.79. The Hall–Kier alpha value is -1.46. The van der Waals surface area contributed by atoms with Crippen LogP contribution in [0.1, 0.15) is 39.0 Å². The molecule has 2 aromatic rings. The summed E-state index contributed by atoms with van der Waals surface area (Å²) in [5, 5.41) is 4.63. The van der Waals surface area contributed by atoms with Crippen LogP contribution in [-0.2, 0) is 9.16 Å². The van der Waals surface area contributed by atoms with E-state index in [1.54, 1.807) is 7.11 Å². The molecule has 0 aliphatic rings. The number of halogens is 1. The van der Waals surface area contributed by atoms with Crippen LogP contribution >= 0.6 is 15.9 Å². The highest BCUT2D eigenvalue weighted by atomic mass is 79.9. The number of hydrogen-bond acceptors (Lipinski definition) is 2. The fourth-order valence-electron chi connectivity index (χ4n) is 3.81. The van der Waals surface area contributed by atoms with Crippen molar-refractivity contribution >= 4 is 34.6 Å². The molecule has 0 aliphatic heterocycles. The van der Waals surface area contributed by atoms with Crippen molar-refractivity contribution in [3.8, 4) is 0 Å². The van der Waals surface area contributed by atoms with Gasteiger partial charge in [0.2, 0.25) is 0 Å². The van der Waals surface area contributed by atoms with Crippen molar-refractivity contribution in [3.63, 3.8) is 0 Å². The molecule has 0 fully saturated rings. The third-order valence-corrected chi connectivity index (χ3v) is 9.92. The van der Waals surface area contributed by atoms with E-state index in [-0.39, 0.29) is 0 Å². The van der Waals surface area contributed by atoms with Gasteiger partial charge in [-0.3, -0.25) is 0 Å². The first-order valence-corrected chi connectivity index (χ1v) is 13.9. The summed E-state index contributed by atoms with van der Waals surface area (Å²) in [6.45, 7) is 7.91. The lowest BCUT2D eigenvalue weighted by Crippen LogP contribution is -2.63. The van der Waals surface area contributed by atoms with E-state index in [0.717, 1.165) is 30.4 Å². The minimum absolute atomic E-state index is 0.502. The molecule has 2 nitrogen and oxygen atoms in total. The molecule has 0 unspecified atom stereocenters. The Morgan fingerprint density at radius 1 is 0.967 bits per heavy atom. The molecule has 2 rings (SSSR count). The third-order valence-electron chi connectivity index (χ3n) is 5.21. The molecule has 0 amide bonds. The van der Waals surface area contributed by atoms with Gasteiger partial charge in [-0.05, 0) is 34.0 Å². The maximum atomic E-state index is 7.01. The van der Waals surface area contributed by atoms with Gasteiger partial charge in [0.15, 0.2) is 0 Å². The molecule has 30 heavy (non-hydrogen) atoms. The highest BCUT2D eigenvalue weighted by molar-refractivity contribution is 9.09. The number of hydrogen-bond donors (Lipinski definition) is 0. The Bertz CT molecular complexity index is 735. The smallest absolute Gasteiger partial charge is 0.288 e. The third kappa shape index (κ3) is 6.52. The molecule has 162 valence electrons. The Balaban J connectivity index is 2.63. The molecule has 0 saturated carbocycles. The zero-order valence-corrected chi connectivity index (χ0v) is 21.0. The van der Waals surface area contributed by atoms with Gasteiger partial charge in [0.25, 0.3) is 8.32 Å². The predicted octanol–water partition coefficient (Wildman–Crippen LogP) is 5.80. The number of alkyl halides is 1. The molecule has 0 N–H and O–H groups in total. The quantitative estimate of drug-likeness (QED) is 0.145. The molecule has 2 aromatic carbocycles. The van der Waals surface area contributed by atoms with Crippen molar-refractivity contribution in [2.45, 2.75) is 39.0 Å². The number of benzene rings is 2. The van der Waals surface area contributed by atoms with Crippen LogP contribution in [0.25, 0.3) is 0 Å². The van der Waals surface area contributed by atoms with Gasteiger partial charge >= 0.3 is 0 Å². The van der Waals surface area contributed by atoms with Crippen molar-refractivity contribution < 1.29 is 9.16 Å². The van der Waals surface area contributed by atoms with Gasteiger partial charge in [0.1, 0.15) is 0 Å². The summed E-state index contributed by atoms with van der Waals surface area (Å²) in [6.07, 6.45) is 7.98. The van der Waals surface area contributed by atoms with Crippen LogP contribution in [-0.4, -0.2) is 34.0 Å². The Kier molecular flexibility index (Phi) is 11.4. The molecule has 0 radical (unpaired) electrons. The number of rotatable bonds is 14. The van der Waals surface area contributed by atoms with E-state index in [9.17, 15) is 0 Å². The van der Waals surface area contributed by atoms with Crippen molar-refractivity contribution in [3.05, 3.63) is 84.1 Å². The monoisotopic (exact) mass is 486 g/mol. The van der Waals surface area contributed by atoms with Crippen LogP contribution in [0, 0.1) is 0 Å². The maximum absolute atomic E-state index is 7.01. The van der Waals surface area contributed by atoms with Gasteiger partial charge in [0, 0.05) is 19.0 Å². The van der Waals surface area contributed by atoms with E-state index in [1.165, 1.54) is 34.8 Å². The molecular formula is C26H35BrO2Si. The van der Waals surface area contributed by atoms with Gasteiger partial charge in [-0.15, -0.1) is 0 Å². The van der Waals surface area contributed by atoms with E-state index in [4.69, 9.17) is 9.16 Å². The second kappa shape index (κ2) is 13.8. The van der Waals surface area contributed by atoms with Crippen LogP contribution in [0.5, 0.6) is 0 Å². The molecule has 0 atom stereocenters. The standard InChI is InChI=1S/C26H35BrO2Si/c1-4-5-6-13-21-29-30(24-15-9-7-10-16-24,25-17-11-8-12-18-25)26(19-14-20-27)23(2)22-28-3/h7-12,15-19H,2,4-6,13-14,20-22H2,1,3H3/b26-19-. The fourth-order valence-corrected chi connectivity index (χ4v) is 8.26. The zero-order chi connectivity index (χ0) is 21.7. The van der Waals surface area contributed by atoms with Crippen molar-refractivity contribution in [2.24, 2.45) is 0 Å². The topological polar surface area (TPSA) is 18.5 Å². The van der Waals surface area contributed by atoms with Crippen molar-refractivity contribution in [2.75, 3.05) is 25.7 Å². The van der Waals surface area contributed by atoms with Gasteiger partial charge < -0.3 is 9.16 Å². The molecular weight excluding hydrogens is 452 g/mol. The van der Waals surface area contributed by atoms with Crippen LogP contribution in [0.3, 0.4) is 0 Å². The summed E-state index contributed by atoms with van der Waals surface area (Å²) in [5.41, 5.74) is 1.01.